The fourth-order valence-corrected chi connectivity index (χ4v) is 3.86. The second-order valence-electron chi connectivity index (χ2n) is 6.26. The van der Waals surface area contributed by atoms with Crippen molar-refractivity contribution in [1.29, 1.82) is 0 Å². The average molecular weight is 398 g/mol. The summed E-state index contributed by atoms with van der Waals surface area (Å²) in [7, 11) is -3.83. The number of rotatable bonds is 6. The summed E-state index contributed by atoms with van der Waals surface area (Å²) >= 11 is 0. The molecule has 0 aliphatic heterocycles. The van der Waals surface area contributed by atoms with Crippen molar-refractivity contribution in [2.45, 2.75) is 12.7 Å². The molecule has 144 valence electrons. The Hall–Kier alpha value is -3.03. The Labute approximate surface area is 163 Å². The Bertz CT molecular complexity index is 1090. The highest BCUT2D eigenvalue weighted by Crippen LogP contribution is 2.27. The molecule has 0 unspecified atom stereocenters. The van der Waals surface area contributed by atoms with Crippen LogP contribution in [0.5, 0.6) is 0 Å². The van der Waals surface area contributed by atoms with Crippen molar-refractivity contribution in [2.75, 3.05) is 0 Å². The molecule has 0 saturated carbocycles. The lowest BCUT2D eigenvalue weighted by molar-refractivity contribution is 0.0940. The molecule has 0 aliphatic rings. The number of hydrogen-bond donors (Lipinski definition) is 2. The monoisotopic (exact) mass is 398 g/mol. The molecule has 0 atom stereocenters. The van der Waals surface area contributed by atoms with Crippen LogP contribution in [-0.4, -0.2) is 14.3 Å². The molecule has 0 radical (unpaired) electrons. The maximum atomic E-state index is 14.3. The van der Waals surface area contributed by atoms with Gasteiger partial charge in [-0.05, 0) is 35.2 Å². The lowest BCUT2D eigenvalue weighted by Crippen LogP contribution is -2.42. The van der Waals surface area contributed by atoms with Crippen LogP contribution in [0.15, 0.2) is 72.8 Å². The molecule has 0 aliphatic carbocycles. The Morgan fingerprint density at radius 3 is 2.18 bits per heavy atom. The molecule has 3 rings (SSSR count). The zero-order chi connectivity index (χ0) is 20.1. The number of amides is 1. The first kappa shape index (κ1) is 19.7. The van der Waals surface area contributed by atoms with Crippen LogP contribution in [0, 0.1) is 12.7 Å². The van der Waals surface area contributed by atoms with Gasteiger partial charge in [0.25, 0.3) is 5.91 Å². The van der Waals surface area contributed by atoms with Crippen LogP contribution in [0.3, 0.4) is 0 Å². The van der Waals surface area contributed by atoms with Gasteiger partial charge in [-0.25, -0.2) is 12.8 Å². The first-order valence-corrected chi connectivity index (χ1v) is 10.2. The van der Waals surface area contributed by atoms with Crippen molar-refractivity contribution in [3.05, 3.63) is 95.3 Å². The van der Waals surface area contributed by atoms with E-state index < -0.39 is 21.7 Å². The molecule has 7 heteroatoms. The van der Waals surface area contributed by atoms with Gasteiger partial charge in [-0.1, -0.05) is 66.7 Å². The summed E-state index contributed by atoms with van der Waals surface area (Å²) in [6, 6.07) is 20.6. The van der Waals surface area contributed by atoms with Crippen molar-refractivity contribution < 1.29 is 17.6 Å². The standard InChI is InChI=1S/C21H19FN2O3S/c1-15-18(17-10-6-3-7-11-17)12-13-19(22)20(15)21(25)23-24-28(26,27)14-16-8-4-2-5-9-16/h2-13,24H,14H2,1H3,(H,23,25). The topological polar surface area (TPSA) is 75.3 Å². The molecule has 0 spiro atoms. The van der Waals surface area contributed by atoms with Crippen LogP contribution >= 0.6 is 0 Å². The van der Waals surface area contributed by atoms with Gasteiger partial charge in [-0.3, -0.25) is 10.2 Å². The van der Waals surface area contributed by atoms with Crippen LogP contribution in [0.1, 0.15) is 21.5 Å². The molecule has 0 aromatic heterocycles. The first-order valence-electron chi connectivity index (χ1n) is 8.55. The molecule has 0 bridgehead atoms. The minimum absolute atomic E-state index is 0.205. The molecule has 28 heavy (non-hydrogen) atoms. The molecule has 2 N–H and O–H groups in total. The van der Waals surface area contributed by atoms with Crippen LogP contribution in [0.2, 0.25) is 0 Å². The molecule has 3 aromatic rings. The van der Waals surface area contributed by atoms with Gasteiger partial charge in [0.1, 0.15) is 5.82 Å². The minimum atomic E-state index is -3.83. The van der Waals surface area contributed by atoms with E-state index in [1.807, 2.05) is 35.2 Å². The second-order valence-corrected chi connectivity index (χ2v) is 7.98. The SMILES string of the molecule is Cc1c(-c2ccccc2)ccc(F)c1C(=O)NNS(=O)(=O)Cc1ccccc1. The zero-order valence-corrected chi connectivity index (χ0v) is 16.0. The molecule has 0 fully saturated rings. The lowest BCUT2D eigenvalue weighted by atomic mass is 9.96. The number of benzene rings is 3. The molecule has 3 aromatic carbocycles. The van der Waals surface area contributed by atoms with Crippen molar-refractivity contribution in [3.8, 4) is 11.1 Å². The summed E-state index contributed by atoms with van der Waals surface area (Å²) in [5.41, 5.74) is 4.41. The van der Waals surface area contributed by atoms with Crippen molar-refractivity contribution in [1.82, 2.24) is 10.3 Å². The van der Waals surface area contributed by atoms with Crippen molar-refractivity contribution >= 4 is 15.9 Å². The highest BCUT2D eigenvalue weighted by molar-refractivity contribution is 7.88. The van der Waals surface area contributed by atoms with Crippen LogP contribution in [0.4, 0.5) is 4.39 Å². The van der Waals surface area contributed by atoms with E-state index in [2.05, 4.69) is 5.43 Å². The fraction of sp³-hybridized carbons (Fsp3) is 0.0952. The number of hydrazine groups is 1. The van der Waals surface area contributed by atoms with E-state index in [9.17, 15) is 17.6 Å². The molecular weight excluding hydrogens is 379 g/mol. The molecule has 0 heterocycles. The van der Waals surface area contributed by atoms with Gasteiger partial charge in [-0.15, -0.1) is 4.83 Å². The van der Waals surface area contributed by atoms with Gasteiger partial charge < -0.3 is 0 Å². The van der Waals surface area contributed by atoms with Crippen LogP contribution in [0.25, 0.3) is 11.1 Å². The maximum absolute atomic E-state index is 14.3. The second kappa shape index (κ2) is 8.33. The molecule has 5 nitrogen and oxygen atoms in total. The summed E-state index contributed by atoms with van der Waals surface area (Å²) in [6.45, 7) is 1.62. The summed E-state index contributed by atoms with van der Waals surface area (Å²) in [6.07, 6.45) is 0. The van der Waals surface area contributed by atoms with E-state index in [1.54, 1.807) is 43.3 Å². The summed E-state index contributed by atoms with van der Waals surface area (Å²) in [5, 5.41) is 0. The van der Waals surface area contributed by atoms with Gasteiger partial charge in [0.05, 0.1) is 11.3 Å². The van der Waals surface area contributed by atoms with Gasteiger partial charge in [0.15, 0.2) is 0 Å². The highest BCUT2D eigenvalue weighted by Gasteiger charge is 2.20. The third-order valence-corrected chi connectivity index (χ3v) is 5.37. The average Bonchev–Trinajstić information content (AvgIpc) is 2.68. The lowest BCUT2D eigenvalue weighted by Gasteiger charge is -2.14. The van der Waals surface area contributed by atoms with Crippen LogP contribution < -0.4 is 10.3 Å². The number of hydrogen-bond acceptors (Lipinski definition) is 3. The number of carbonyl (C=O) groups excluding carboxylic acids is 1. The summed E-state index contributed by atoms with van der Waals surface area (Å²) in [4.78, 5) is 14.5. The molecule has 1 amide bonds. The quantitative estimate of drug-likeness (QED) is 0.624. The normalized spacial score (nSPS) is 11.2. The third kappa shape index (κ3) is 4.62. The summed E-state index contributed by atoms with van der Waals surface area (Å²) in [5.74, 6) is -1.89. The molecular formula is C21H19FN2O3S. The van der Waals surface area contributed by atoms with E-state index in [0.29, 0.717) is 16.7 Å². The minimum Gasteiger partial charge on any atom is -0.274 e. The first-order chi connectivity index (χ1) is 13.4. The largest absolute Gasteiger partial charge is 0.274 e. The highest BCUT2D eigenvalue weighted by atomic mass is 32.2. The van der Waals surface area contributed by atoms with E-state index in [1.165, 1.54) is 6.07 Å². The van der Waals surface area contributed by atoms with Crippen molar-refractivity contribution in [3.63, 3.8) is 0 Å². The number of sulfonamides is 1. The molecule has 0 saturated heterocycles. The Kier molecular flexibility index (Phi) is 5.87. The van der Waals surface area contributed by atoms with Gasteiger partial charge in [0.2, 0.25) is 10.0 Å². The predicted molar refractivity (Wildman–Crippen MR) is 106 cm³/mol. The third-order valence-electron chi connectivity index (χ3n) is 4.25. The van der Waals surface area contributed by atoms with Crippen molar-refractivity contribution in [2.24, 2.45) is 0 Å². The number of nitrogens with one attached hydrogen (secondary N) is 2. The van der Waals surface area contributed by atoms with Gasteiger partial charge in [0, 0.05) is 0 Å². The smallest absolute Gasteiger partial charge is 0.269 e. The van der Waals surface area contributed by atoms with Gasteiger partial charge in [-0.2, -0.15) is 0 Å². The van der Waals surface area contributed by atoms with Gasteiger partial charge >= 0.3 is 0 Å². The van der Waals surface area contributed by atoms with E-state index >= 15 is 0 Å². The fourth-order valence-electron chi connectivity index (χ4n) is 2.90. The Morgan fingerprint density at radius 1 is 0.929 bits per heavy atom. The number of carbonyl (C=O) groups is 1. The number of halogens is 1. The predicted octanol–water partition coefficient (Wildman–Crippen LogP) is 3.57. The Morgan fingerprint density at radius 2 is 1.54 bits per heavy atom. The van der Waals surface area contributed by atoms with E-state index in [0.717, 1.165) is 5.56 Å². The maximum Gasteiger partial charge on any atom is 0.269 e. The van der Waals surface area contributed by atoms with E-state index in [-0.39, 0.29) is 11.3 Å². The zero-order valence-electron chi connectivity index (χ0n) is 15.1. The van der Waals surface area contributed by atoms with Crippen LogP contribution in [-0.2, 0) is 15.8 Å². The van der Waals surface area contributed by atoms with E-state index in [4.69, 9.17) is 0 Å². The Balaban J connectivity index is 1.79. The summed E-state index contributed by atoms with van der Waals surface area (Å²) < 4.78 is 38.7.